The zero-order chi connectivity index (χ0) is 13.2. The molecule has 0 aromatic heterocycles. The van der Waals surface area contributed by atoms with Crippen LogP contribution in [0, 0.1) is 11.2 Å². The Morgan fingerprint density at radius 3 is 2.65 bits per heavy atom. The maximum Gasteiger partial charge on any atom is 0.313 e. The molecule has 1 aromatic rings. The molecule has 0 saturated heterocycles. The molecule has 2 N–H and O–H groups in total. The number of nitrogens with two attached hydrogens (primary N) is 1. The van der Waals surface area contributed by atoms with E-state index in [0.29, 0.717) is 10.6 Å². The predicted molar refractivity (Wildman–Crippen MR) is 64.1 cm³/mol. The van der Waals surface area contributed by atoms with Gasteiger partial charge < -0.3 is 10.5 Å². The molecule has 0 heterocycles. The molecule has 94 valence electrons. The predicted octanol–water partition coefficient (Wildman–Crippen LogP) is 2.68. The number of esters is 1. The monoisotopic (exact) mass is 259 g/mol. The summed E-state index contributed by atoms with van der Waals surface area (Å²) in [6.07, 6.45) is 0. The Labute approximate surface area is 105 Å². The van der Waals surface area contributed by atoms with E-state index in [9.17, 15) is 9.18 Å². The van der Waals surface area contributed by atoms with E-state index in [1.807, 2.05) is 0 Å². The van der Waals surface area contributed by atoms with Crippen molar-refractivity contribution >= 4 is 17.6 Å². The number of benzene rings is 1. The molecule has 0 amide bonds. The van der Waals surface area contributed by atoms with Gasteiger partial charge in [-0.15, -0.1) is 0 Å². The molecule has 0 spiro atoms. The number of rotatable bonds is 3. The van der Waals surface area contributed by atoms with Crippen LogP contribution < -0.4 is 5.73 Å². The highest BCUT2D eigenvalue weighted by atomic mass is 35.5. The Kier molecular flexibility index (Phi) is 4.11. The smallest absolute Gasteiger partial charge is 0.313 e. The van der Waals surface area contributed by atoms with Crippen LogP contribution in [0.2, 0.25) is 5.02 Å². The van der Waals surface area contributed by atoms with Crippen molar-refractivity contribution in [2.75, 3.05) is 7.11 Å². The first-order valence-electron chi connectivity index (χ1n) is 5.09. The molecule has 17 heavy (non-hydrogen) atoms. The van der Waals surface area contributed by atoms with Gasteiger partial charge in [-0.25, -0.2) is 4.39 Å². The second kappa shape index (κ2) is 5.02. The van der Waals surface area contributed by atoms with Gasteiger partial charge in [0.2, 0.25) is 0 Å². The van der Waals surface area contributed by atoms with Gasteiger partial charge >= 0.3 is 5.97 Å². The summed E-state index contributed by atoms with van der Waals surface area (Å²) in [7, 11) is 1.28. The molecular formula is C12H15ClFNO2. The highest BCUT2D eigenvalue weighted by Gasteiger charge is 2.37. The molecule has 0 aliphatic carbocycles. The van der Waals surface area contributed by atoms with Crippen LogP contribution in [0.1, 0.15) is 25.5 Å². The van der Waals surface area contributed by atoms with Crippen LogP contribution in [0.15, 0.2) is 18.2 Å². The maximum absolute atomic E-state index is 13.1. The zero-order valence-electron chi connectivity index (χ0n) is 9.96. The van der Waals surface area contributed by atoms with Gasteiger partial charge in [0.1, 0.15) is 5.82 Å². The van der Waals surface area contributed by atoms with E-state index < -0.39 is 23.2 Å². The second-order valence-electron chi connectivity index (χ2n) is 4.36. The minimum Gasteiger partial charge on any atom is -0.469 e. The summed E-state index contributed by atoms with van der Waals surface area (Å²) < 4.78 is 17.8. The first-order valence-corrected chi connectivity index (χ1v) is 5.47. The summed E-state index contributed by atoms with van der Waals surface area (Å²) in [5.41, 5.74) is 5.38. The summed E-state index contributed by atoms with van der Waals surface area (Å²) >= 11 is 5.95. The van der Waals surface area contributed by atoms with E-state index >= 15 is 0 Å². The van der Waals surface area contributed by atoms with E-state index in [0.717, 1.165) is 0 Å². The summed E-state index contributed by atoms with van der Waals surface area (Å²) in [6, 6.07) is 3.15. The molecule has 0 saturated carbocycles. The molecule has 3 nitrogen and oxygen atoms in total. The van der Waals surface area contributed by atoms with Crippen LogP contribution in [0.25, 0.3) is 0 Å². The van der Waals surface area contributed by atoms with Gasteiger partial charge in [0.15, 0.2) is 0 Å². The first kappa shape index (κ1) is 13.9. The third kappa shape index (κ3) is 2.76. The van der Waals surface area contributed by atoms with E-state index in [1.165, 1.54) is 25.3 Å². The Balaban J connectivity index is 3.15. The van der Waals surface area contributed by atoms with E-state index in [4.69, 9.17) is 17.3 Å². The lowest BCUT2D eigenvalue weighted by molar-refractivity contribution is -0.152. The largest absolute Gasteiger partial charge is 0.469 e. The van der Waals surface area contributed by atoms with E-state index in [1.54, 1.807) is 13.8 Å². The summed E-state index contributed by atoms with van der Waals surface area (Å²) in [5.74, 6) is -0.911. The first-order chi connectivity index (χ1) is 7.80. The number of ether oxygens (including phenoxy) is 1. The van der Waals surface area contributed by atoms with Crippen LogP contribution in [-0.4, -0.2) is 13.1 Å². The molecule has 1 atom stereocenters. The van der Waals surface area contributed by atoms with Gasteiger partial charge in [0.25, 0.3) is 0 Å². The lowest BCUT2D eigenvalue weighted by atomic mass is 9.81. The van der Waals surface area contributed by atoms with Crippen LogP contribution in [0.3, 0.4) is 0 Å². The lowest BCUT2D eigenvalue weighted by Gasteiger charge is -2.29. The van der Waals surface area contributed by atoms with Crippen molar-refractivity contribution in [2.24, 2.45) is 11.1 Å². The van der Waals surface area contributed by atoms with Crippen molar-refractivity contribution in [3.8, 4) is 0 Å². The number of halogens is 2. The molecule has 1 rings (SSSR count). The van der Waals surface area contributed by atoms with Crippen molar-refractivity contribution in [1.82, 2.24) is 0 Å². The van der Waals surface area contributed by atoms with Crippen LogP contribution in [0.4, 0.5) is 4.39 Å². The fraction of sp³-hybridized carbons (Fsp3) is 0.417. The Morgan fingerprint density at radius 1 is 1.53 bits per heavy atom. The summed E-state index contributed by atoms with van der Waals surface area (Å²) in [6.45, 7) is 3.26. The molecule has 0 aliphatic heterocycles. The zero-order valence-corrected chi connectivity index (χ0v) is 10.7. The van der Waals surface area contributed by atoms with Gasteiger partial charge in [-0.1, -0.05) is 11.6 Å². The fourth-order valence-corrected chi connectivity index (χ4v) is 1.77. The van der Waals surface area contributed by atoms with Crippen LogP contribution >= 0.6 is 11.6 Å². The van der Waals surface area contributed by atoms with Crippen LogP contribution in [0.5, 0.6) is 0 Å². The van der Waals surface area contributed by atoms with Gasteiger partial charge in [0, 0.05) is 11.1 Å². The Bertz CT molecular complexity index is 435. The minimum atomic E-state index is -0.980. The lowest BCUT2D eigenvalue weighted by Crippen LogP contribution is -2.37. The molecule has 0 fully saturated rings. The molecular weight excluding hydrogens is 245 g/mol. The number of hydrogen-bond donors (Lipinski definition) is 1. The standard InChI is InChI=1S/C12H15ClFNO2/c1-12(2,11(16)17-3)10(15)8-6-7(14)4-5-9(8)13/h4-6,10H,15H2,1-3H3/t10-/m0/s1. The van der Waals surface area contributed by atoms with Gasteiger partial charge in [-0.3, -0.25) is 4.79 Å². The third-order valence-corrected chi connectivity index (χ3v) is 3.13. The maximum atomic E-state index is 13.1. The van der Waals surface area contributed by atoms with Crippen molar-refractivity contribution < 1.29 is 13.9 Å². The van der Waals surface area contributed by atoms with Gasteiger partial charge in [-0.05, 0) is 37.6 Å². The molecule has 1 aromatic carbocycles. The van der Waals surface area contributed by atoms with Crippen molar-refractivity contribution in [3.05, 3.63) is 34.6 Å². The highest BCUT2D eigenvalue weighted by molar-refractivity contribution is 6.31. The van der Waals surface area contributed by atoms with Gasteiger partial charge in [0.05, 0.1) is 12.5 Å². The topological polar surface area (TPSA) is 52.3 Å². The van der Waals surface area contributed by atoms with Crippen molar-refractivity contribution in [3.63, 3.8) is 0 Å². The Hall–Kier alpha value is -1.13. The van der Waals surface area contributed by atoms with Gasteiger partial charge in [-0.2, -0.15) is 0 Å². The molecule has 0 aliphatic rings. The number of methoxy groups -OCH3 is 1. The minimum absolute atomic E-state index is 0.330. The number of hydrogen-bond acceptors (Lipinski definition) is 3. The third-order valence-electron chi connectivity index (χ3n) is 2.78. The normalized spacial score (nSPS) is 13.3. The van der Waals surface area contributed by atoms with Crippen LogP contribution in [-0.2, 0) is 9.53 Å². The van der Waals surface area contributed by atoms with Crippen molar-refractivity contribution in [1.29, 1.82) is 0 Å². The Morgan fingerprint density at radius 2 is 2.12 bits per heavy atom. The van der Waals surface area contributed by atoms with E-state index in [-0.39, 0.29) is 0 Å². The molecule has 0 radical (unpaired) electrons. The molecule has 5 heteroatoms. The van der Waals surface area contributed by atoms with Crippen molar-refractivity contribution in [2.45, 2.75) is 19.9 Å². The quantitative estimate of drug-likeness (QED) is 0.849. The average molecular weight is 260 g/mol. The fourth-order valence-electron chi connectivity index (χ4n) is 1.53. The van der Waals surface area contributed by atoms with E-state index in [2.05, 4.69) is 4.74 Å². The number of carbonyl (C=O) groups is 1. The SMILES string of the molecule is COC(=O)C(C)(C)[C@@H](N)c1cc(F)ccc1Cl. The molecule has 0 bridgehead atoms. The highest BCUT2D eigenvalue weighted by Crippen LogP contribution is 2.36. The summed E-state index contributed by atoms with van der Waals surface area (Å²) in [5, 5.41) is 0.330. The molecule has 0 unspecified atom stereocenters. The summed E-state index contributed by atoms with van der Waals surface area (Å²) in [4.78, 5) is 11.6. The second-order valence-corrected chi connectivity index (χ2v) is 4.76. The average Bonchev–Trinajstić information content (AvgIpc) is 2.30. The number of carbonyl (C=O) groups excluding carboxylic acids is 1.